The van der Waals surface area contributed by atoms with E-state index in [1.165, 1.54) is 43.5 Å². The smallest absolute Gasteiger partial charge is 0.0853 e. The second-order valence-corrected chi connectivity index (χ2v) is 6.37. The van der Waals surface area contributed by atoms with Crippen LogP contribution in [0.3, 0.4) is 0 Å². The van der Waals surface area contributed by atoms with Crippen LogP contribution in [0.2, 0.25) is 0 Å². The van der Waals surface area contributed by atoms with Crippen molar-refractivity contribution in [3.8, 4) is 0 Å². The average Bonchev–Trinajstić information content (AvgIpc) is 2.58. The lowest BCUT2D eigenvalue weighted by atomic mass is 9.89. The molecule has 0 radical (unpaired) electrons. The molecule has 1 aliphatic carbocycles. The molecule has 0 spiro atoms. The van der Waals surface area contributed by atoms with Crippen molar-refractivity contribution in [2.24, 2.45) is 18.9 Å². The molecule has 1 aromatic heterocycles. The topological polar surface area (TPSA) is 29.9 Å². The van der Waals surface area contributed by atoms with Crippen LogP contribution >= 0.6 is 0 Å². The standard InChI is InChI=1S/C16H29N3/c1-5-15-16(11-19(4)18-15)17-14-8-6-7-13(9-10-14)12(2)3/h11-14,17H,5-10H2,1-4H3. The summed E-state index contributed by atoms with van der Waals surface area (Å²) in [4.78, 5) is 0. The first-order valence-corrected chi connectivity index (χ1v) is 7.89. The van der Waals surface area contributed by atoms with Crippen molar-refractivity contribution in [3.05, 3.63) is 11.9 Å². The third-order valence-corrected chi connectivity index (χ3v) is 4.56. The van der Waals surface area contributed by atoms with Crippen LogP contribution in [-0.2, 0) is 13.5 Å². The molecule has 0 saturated heterocycles. The Morgan fingerprint density at radius 2 is 2.11 bits per heavy atom. The molecule has 1 saturated carbocycles. The number of rotatable bonds is 4. The Labute approximate surface area is 117 Å². The molecule has 2 unspecified atom stereocenters. The van der Waals surface area contributed by atoms with E-state index in [9.17, 15) is 0 Å². The molecule has 19 heavy (non-hydrogen) atoms. The Bertz CT molecular complexity index is 395. The third kappa shape index (κ3) is 3.74. The minimum Gasteiger partial charge on any atom is -0.380 e. The van der Waals surface area contributed by atoms with Crippen molar-refractivity contribution < 1.29 is 0 Å². The second kappa shape index (κ2) is 6.44. The highest BCUT2D eigenvalue weighted by Gasteiger charge is 2.21. The van der Waals surface area contributed by atoms with Crippen molar-refractivity contribution in [1.29, 1.82) is 0 Å². The monoisotopic (exact) mass is 263 g/mol. The van der Waals surface area contributed by atoms with Gasteiger partial charge in [0.2, 0.25) is 0 Å². The number of nitrogens with zero attached hydrogens (tertiary/aromatic N) is 2. The number of aromatic nitrogens is 2. The van der Waals surface area contributed by atoms with Gasteiger partial charge in [0.15, 0.2) is 0 Å². The van der Waals surface area contributed by atoms with Crippen molar-refractivity contribution >= 4 is 5.69 Å². The molecule has 108 valence electrons. The predicted molar refractivity (Wildman–Crippen MR) is 81.4 cm³/mol. The molecule has 0 amide bonds. The van der Waals surface area contributed by atoms with Crippen LogP contribution in [0.15, 0.2) is 6.20 Å². The van der Waals surface area contributed by atoms with E-state index in [0.717, 1.165) is 18.3 Å². The van der Waals surface area contributed by atoms with E-state index in [0.29, 0.717) is 6.04 Å². The van der Waals surface area contributed by atoms with Gasteiger partial charge in [0.05, 0.1) is 11.4 Å². The lowest BCUT2D eigenvalue weighted by molar-refractivity contribution is 0.341. The average molecular weight is 263 g/mol. The van der Waals surface area contributed by atoms with Gasteiger partial charge in [-0.05, 0) is 37.5 Å². The number of aryl methyl sites for hydroxylation is 2. The van der Waals surface area contributed by atoms with Gasteiger partial charge < -0.3 is 5.32 Å². The largest absolute Gasteiger partial charge is 0.380 e. The maximum absolute atomic E-state index is 4.52. The highest BCUT2D eigenvalue weighted by molar-refractivity contribution is 5.47. The van der Waals surface area contributed by atoms with Crippen LogP contribution < -0.4 is 5.32 Å². The molecular weight excluding hydrogens is 234 g/mol. The summed E-state index contributed by atoms with van der Waals surface area (Å²) in [7, 11) is 2.01. The van der Waals surface area contributed by atoms with Crippen LogP contribution in [0.4, 0.5) is 5.69 Å². The summed E-state index contributed by atoms with van der Waals surface area (Å²) in [6, 6.07) is 0.637. The van der Waals surface area contributed by atoms with Gasteiger partial charge in [-0.25, -0.2) is 0 Å². The van der Waals surface area contributed by atoms with Crippen LogP contribution in [-0.4, -0.2) is 15.8 Å². The SMILES string of the molecule is CCc1nn(C)cc1NC1CCCC(C(C)C)CC1. The van der Waals surface area contributed by atoms with E-state index < -0.39 is 0 Å². The molecular formula is C16H29N3. The molecule has 2 rings (SSSR count). The van der Waals surface area contributed by atoms with Crippen LogP contribution in [0.25, 0.3) is 0 Å². The quantitative estimate of drug-likeness (QED) is 0.832. The molecule has 0 bridgehead atoms. The molecule has 1 aromatic rings. The zero-order valence-electron chi connectivity index (χ0n) is 12.9. The van der Waals surface area contributed by atoms with Crippen molar-refractivity contribution in [1.82, 2.24) is 9.78 Å². The minimum absolute atomic E-state index is 0.637. The lowest BCUT2D eigenvalue weighted by Crippen LogP contribution is -2.19. The van der Waals surface area contributed by atoms with Gasteiger partial charge >= 0.3 is 0 Å². The van der Waals surface area contributed by atoms with Gasteiger partial charge in [-0.15, -0.1) is 0 Å². The van der Waals surface area contributed by atoms with Crippen molar-refractivity contribution in [2.45, 2.75) is 65.3 Å². The summed E-state index contributed by atoms with van der Waals surface area (Å²) in [6.07, 6.45) is 9.89. The first-order chi connectivity index (χ1) is 9.10. The van der Waals surface area contributed by atoms with Gasteiger partial charge in [0.25, 0.3) is 0 Å². The van der Waals surface area contributed by atoms with E-state index in [4.69, 9.17) is 0 Å². The second-order valence-electron chi connectivity index (χ2n) is 6.37. The fraction of sp³-hybridized carbons (Fsp3) is 0.812. The highest BCUT2D eigenvalue weighted by atomic mass is 15.3. The Morgan fingerprint density at radius 3 is 2.79 bits per heavy atom. The molecule has 1 aliphatic rings. The van der Waals surface area contributed by atoms with Crippen LogP contribution in [0.5, 0.6) is 0 Å². The summed E-state index contributed by atoms with van der Waals surface area (Å²) < 4.78 is 1.93. The maximum Gasteiger partial charge on any atom is 0.0853 e. The Balaban J connectivity index is 1.95. The van der Waals surface area contributed by atoms with Gasteiger partial charge in [0.1, 0.15) is 0 Å². The number of nitrogens with one attached hydrogen (secondary N) is 1. The summed E-state index contributed by atoms with van der Waals surface area (Å²) >= 11 is 0. The van der Waals surface area contributed by atoms with Crippen molar-refractivity contribution in [2.75, 3.05) is 5.32 Å². The summed E-state index contributed by atoms with van der Waals surface area (Å²) in [6.45, 7) is 6.92. The fourth-order valence-corrected chi connectivity index (χ4v) is 3.28. The van der Waals surface area contributed by atoms with E-state index in [1.54, 1.807) is 0 Å². The Hall–Kier alpha value is -0.990. The maximum atomic E-state index is 4.52. The predicted octanol–water partition coefficient (Wildman–Crippen LogP) is 4.00. The van der Waals surface area contributed by atoms with Crippen LogP contribution in [0.1, 0.15) is 58.6 Å². The van der Waals surface area contributed by atoms with Crippen molar-refractivity contribution in [3.63, 3.8) is 0 Å². The molecule has 3 nitrogen and oxygen atoms in total. The minimum atomic E-state index is 0.637. The zero-order chi connectivity index (χ0) is 13.8. The summed E-state index contributed by atoms with van der Waals surface area (Å²) in [5.41, 5.74) is 2.45. The first-order valence-electron chi connectivity index (χ1n) is 7.89. The molecule has 2 atom stereocenters. The molecule has 0 aliphatic heterocycles. The van der Waals surface area contributed by atoms with Gasteiger partial charge in [-0.3, -0.25) is 4.68 Å². The fourth-order valence-electron chi connectivity index (χ4n) is 3.28. The van der Waals surface area contributed by atoms with E-state index >= 15 is 0 Å². The lowest BCUT2D eigenvalue weighted by Gasteiger charge is -2.19. The normalized spacial score (nSPS) is 24.5. The Kier molecular flexibility index (Phi) is 4.89. The van der Waals surface area contributed by atoms with Gasteiger partial charge in [0, 0.05) is 19.3 Å². The first kappa shape index (κ1) is 14.4. The van der Waals surface area contributed by atoms with E-state index in [-0.39, 0.29) is 0 Å². The zero-order valence-corrected chi connectivity index (χ0v) is 12.9. The van der Waals surface area contributed by atoms with Gasteiger partial charge in [-0.2, -0.15) is 5.10 Å². The Morgan fingerprint density at radius 1 is 1.32 bits per heavy atom. The van der Waals surface area contributed by atoms with E-state index in [2.05, 4.69) is 37.4 Å². The van der Waals surface area contributed by atoms with E-state index in [1.807, 2.05) is 11.7 Å². The summed E-state index contributed by atoms with van der Waals surface area (Å²) in [5.74, 6) is 1.76. The number of hydrogen-bond acceptors (Lipinski definition) is 2. The number of hydrogen-bond donors (Lipinski definition) is 1. The highest BCUT2D eigenvalue weighted by Crippen LogP contribution is 2.30. The molecule has 0 aromatic carbocycles. The molecule has 1 heterocycles. The van der Waals surface area contributed by atoms with Crippen LogP contribution in [0, 0.1) is 11.8 Å². The van der Waals surface area contributed by atoms with Gasteiger partial charge in [-0.1, -0.05) is 33.6 Å². The number of anilines is 1. The molecule has 3 heteroatoms. The summed E-state index contributed by atoms with van der Waals surface area (Å²) in [5, 5.41) is 8.25. The third-order valence-electron chi connectivity index (χ3n) is 4.56. The molecule has 1 N–H and O–H groups in total. The molecule has 1 fully saturated rings.